The van der Waals surface area contributed by atoms with Crippen LogP contribution in [0.3, 0.4) is 0 Å². The molecule has 0 N–H and O–H groups in total. The van der Waals surface area contributed by atoms with Crippen molar-refractivity contribution in [3.05, 3.63) is 0 Å². The summed E-state index contributed by atoms with van der Waals surface area (Å²) in [5, 5.41) is -0.0397. The van der Waals surface area contributed by atoms with Crippen molar-refractivity contribution < 1.29 is 18.8 Å². The summed E-state index contributed by atoms with van der Waals surface area (Å²) in [6.45, 7) is 15.4. The van der Waals surface area contributed by atoms with E-state index in [1.165, 1.54) is 0 Å². The molecule has 3 aliphatic rings. The van der Waals surface area contributed by atoms with E-state index in [4.69, 9.17) is 14.0 Å². The molecule has 0 spiro atoms. The van der Waals surface area contributed by atoms with E-state index >= 15 is 0 Å². The van der Waals surface area contributed by atoms with Gasteiger partial charge in [0.05, 0.1) is 11.2 Å². The van der Waals surface area contributed by atoms with Crippen molar-refractivity contribution in [2.24, 2.45) is 5.92 Å². The van der Waals surface area contributed by atoms with Crippen LogP contribution in [0.15, 0.2) is 0 Å². The average molecular weight is 309 g/mol. The lowest BCUT2D eigenvalue weighted by Gasteiger charge is -2.32. The first-order chi connectivity index (χ1) is 9.86. The minimum absolute atomic E-state index is 0.0397. The lowest BCUT2D eigenvalue weighted by atomic mass is 9.67. The monoisotopic (exact) mass is 309 g/mol. The summed E-state index contributed by atoms with van der Waals surface area (Å²) in [6, 6.07) is 0. The van der Waals surface area contributed by atoms with Crippen LogP contribution in [0.25, 0.3) is 0 Å². The molecule has 2 atom stereocenters. The molecule has 2 saturated heterocycles. The number of hydrogen-bond donors (Lipinski definition) is 0. The summed E-state index contributed by atoms with van der Waals surface area (Å²) in [6.07, 6.45) is 0.846. The minimum atomic E-state index is -0.457. The van der Waals surface area contributed by atoms with Crippen LogP contribution in [-0.4, -0.2) is 48.0 Å². The maximum Gasteiger partial charge on any atom is 0.466 e. The van der Waals surface area contributed by atoms with Gasteiger partial charge in [-0.2, -0.15) is 0 Å². The number of hydrogen-bond acceptors (Lipinski definition) is 4. The van der Waals surface area contributed by atoms with Crippen LogP contribution in [0.2, 0.25) is 5.31 Å². The third-order valence-corrected chi connectivity index (χ3v) is 5.58. The maximum absolute atomic E-state index is 12.3. The van der Waals surface area contributed by atoms with Crippen molar-refractivity contribution in [1.29, 1.82) is 0 Å². The van der Waals surface area contributed by atoms with E-state index < -0.39 is 5.60 Å². The Balaban J connectivity index is 1.68. The maximum atomic E-state index is 12.3. The molecule has 2 unspecified atom stereocenters. The number of ether oxygens (including phenoxy) is 1. The highest BCUT2D eigenvalue weighted by Crippen LogP contribution is 2.68. The summed E-state index contributed by atoms with van der Waals surface area (Å²) in [5.41, 5.74) is -1.10. The predicted molar refractivity (Wildman–Crippen MR) is 84.7 cm³/mol. The minimum Gasteiger partial charge on any atom is -0.444 e. The van der Waals surface area contributed by atoms with Gasteiger partial charge in [-0.15, -0.1) is 0 Å². The quantitative estimate of drug-likeness (QED) is 0.698. The lowest BCUT2D eigenvalue weighted by molar-refractivity contribution is 0.00578. The van der Waals surface area contributed by atoms with Gasteiger partial charge in [0.2, 0.25) is 0 Å². The first-order valence-electron chi connectivity index (χ1n) is 8.20. The van der Waals surface area contributed by atoms with Crippen LogP contribution in [0, 0.1) is 5.92 Å². The Labute approximate surface area is 133 Å². The molecule has 0 aromatic rings. The topological polar surface area (TPSA) is 48.0 Å². The number of nitrogens with zero attached hydrogens (tertiary/aromatic N) is 1. The molecular weight excluding hydrogens is 281 g/mol. The number of piperidine rings is 1. The molecule has 0 aromatic carbocycles. The second-order valence-corrected chi connectivity index (χ2v) is 9.08. The van der Waals surface area contributed by atoms with Crippen molar-refractivity contribution in [3.63, 3.8) is 0 Å². The SMILES string of the molecule is CC(C)(C)OC(=O)N1CC2CC2(B2OC(C)(C)C(C)(C)O2)C1. The zero-order valence-electron chi connectivity index (χ0n) is 14.9. The van der Waals surface area contributed by atoms with Crippen molar-refractivity contribution >= 4 is 13.2 Å². The Morgan fingerprint density at radius 1 is 1.18 bits per heavy atom. The zero-order chi connectivity index (χ0) is 16.6. The number of amides is 1. The largest absolute Gasteiger partial charge is 0.466 e. The van der Waals surface area contributed by atoms with E-state index in [-0.39, 0.29) is 29.7 Å². The fourth-order valence-electron chi connectivity index (χ4n) is 3.43. The van der Waals surface area contributed by atoms with E-state index in [9.17, 15) is 4.79 Å². The molecule has 1 saturated carbocycles. The molecule has 2 heterocycles. The van der Waals surface area contributed by atoms with Gasteiger partial charge in [-0.25, -0.2) is 4.79 Å². The van der Waals surface area contributed by atoms with E-state index in [1.54, 1.807) is 0 Å². The van der Waals surface area contributed by atoms with Gasteiger partial charge in [-0.05, 0) is 60.8 Å². The molecule has 0 radical (unpaired) electrons. The molecule has 3 fully saturated rings. The molecule has 0 aromatic heterocycles. The lowest BCUT2D eigenvalue weighted by Crippen LogP contribution is -2.41. The highest BCUT2D eigenvalue weighted by molar-refractivity contribution is 6.51. The molecule has 124 valence electrons. The highest BCUT2D eigenvalue weighted by atomic mass is 16.7. The van der Waals surface area contributed by atoms with Gasteiger partial charge < -0.3 is 18.9 Å². The number of carbonyl (C=O) groups is 1. The zero-order valence-corrected chi connectivity index (χ0v) is 14.9. The normalized spacial score (nSPS) is 35.5. The Kier molecular flexibility index (Phi) is 3.23. The molecule has 0 bridgehead atoms. The molecule has 5 nitrogen and oxygen atoms in total. The van der Waals surface area contributed by atoms with Gasteiger partial charge in [0.15, 0.2) is 0 Å². The summed E-state index contributed by atoms with van der Waals surface area (Å²) in [5.74, 6) is 0.467. The van der Waals surface area contributed by atoms with E-state index in [0.29, 0.717) is 12.5 Å². The van der Waals surface area contributed by atoms with Crippen LogP contribution in [0.5, 0.6) is 0 Å². The fraction of sp³-hybridized carbons (Fsp3) is 0.938. The van der Waals surface area contributed by atoms with E-state index in [2.05, 4.69) is 27.7 Å². The van der Waals surface area contributed by atoms with Gasteiger partial charge in [0, 0.05) is 18.4 Å². The van der Waals surface area contributed by atoms with Crippen LogP contribution < -0.4 is 0 Å². The van der Waals surface area contributed by atoms with E-state index in [0.717, 1.165) is 13.0 Å². The molecule has 1 aliphatic carbocycles. The second-order valence-electron chi connectivity index (χ2n) is 9.08. The highest BCUT2D eigenvalue weighted by Gasteiger charge is 2.73. The number of carbonyl (C=O) groups excluding carboxylic acids is 1. The first kappa shape index (κ1) is 16.1. The second kappa shape index (κ2) is 4.41. The Hall–Kier alpha value is -0.745. The number of likely N-dealkylation sites (tertiary alicyclic amines) is 1. The predicted octanol–water partition coefficient (Wildman–Crippen LogP) is 3.09. The molecular formula is C16H28BNO4. The fourth-order valence-corrected chi connectivity index (χ4v) is 3.43. The molecule has 2 aliphatic heterocycles. The van der Waals surface area contributed by atoms with Crippen molar-refractivity contribution in [1.82, 2.24) is 4.90 Å². The van der Waals surface area contributed by atoms with Gasteiger partial charge in [-0.3, -0.25) is 0 Å². The smallest absolute Gasteiger partial charge is 0.444 e. The molecule has 6 heteroatoms. The van der Waals surface area contributed by atoms with E-state index in [1.807, 2.05) is 25.7 Å². The third kappa shape index (κ3) is 2.44. The van der Waals surface area contributed by atoms with Gasteiger partial charge >= 0.3 is 13.2 Å². The van der Waals surface area contributed by atoms with Crippen LogP contribution >= 0.6 is 0 Å². The van der Waals surface area contributed by atoms with Crippen LogP contribution in [0.4, 0.5) is 4.79 Å². The summed E-state index contributed by atoms with van der Waals surface area (Å²) in [7, 11) is -0.227. The van der Waals surface area contributed by atoms with Gasteiger partial charge in [0.1, 0.15) is 5.60 Å². The Morgan fingerprint density at radius 3 is 2.23 bits per heavy atom. The molecule has 1 amide bonds. The Bertz CT molecular complexity index is 483. The number of fused-ring (bicyclic) bond motifs is 1. The van der Waals surface area contributed by atoms with Crippen LogP contribution in [-0.2, 0) is 14.0 Å². The van der Waals surface area contributed by atoms with Crippen molar-refractivity contribution in [2.45, 2.75) is 77.0 Å². The third-order valence-electron chi connectivity index (χ3n) is 5.58. The first-order valence-corrected chi connectivity index (χ1v) is 8.20. The van der Waals surface area contributed by atoms with Crippen molar-refractivity contribution in [2.75, 3.05) is 13.1 Å². The van der Waals surface area contributed by atoms with Gasteiger partial charge in [0.25, 0.3) is 0 Å². The summed E-state index contributed by atoms with van der Waals surface area (Å²) >= 11 is 0. The number of rotatable bonds is 1. The average Bonchev–Trinajstić information content (AvgIpc) is 2.79. The standard InChI is InChI=1S/C16H28BNO4/c1-13(2,3)20-12(19)18-9-11-8-16(11,10-18)17-21-14(4,5)15(6,7)22-17/h11H,8-10H2,1-7H3. The van der Waals surface area contributed by atoms with Crippen molar-refractivity contribution in [3.8, 4) is 0 Å². The molecule has 22 heavy (non-hydrogen) atoms. The van der Waals surface area contributed by atoms with Crippen LogP contribution in [0.1, 0.15) is 54.9 Å². The summed E-state index contributed by atoms with van der Waals surface area (Å²) < 4.78 is 17.9. The summed E-state index contributed by atoms with van der Waals surface area (Å²) in [4.78, 5) is 14.1. The molecule has 3 rings (SSSR count). The van der Waals surface area contributed by atoms with Gasteiger partial charge in [-0.1, -0.05) is 0 Å². The Morgan fingerprint density at radius 2 is 1.73 bits per heavy atom.